The van der Waals surface area contributed by atoms with Crippen molar-refractivity contribution in [2.24, 2.45) is 0 Å². The van der Waals surface area contributed by atoms with Gasteiger partial charge in [-0.3, -0.25) is 4.98 Å². The number of nitrogens with zero attached hydrogens (tertiary/aromatic N) is 2. The maximum atomic E-state index is 13.0. The lowest BCUT2D eigenvalue weighted by Crippen LogP contribution is -1.95. The number of pyridine rings is 2. The topological polar surface area (TPSA) is 51.8 Å². The Morgan fingerprint density at radius 1 is 1.12 bits per heavy atom. The van der Waals surface area contributed by atoms with E-state index in [1.54, 1.807) is 0 Å². The van der Waals surface area contributed by atoms with Crippen LogP contribution in [0.1, 0.15) is 0 Å². The molecule has 0 aliphatic heterocycles. The van der Waals surface area contributed by atoms with Crippen LogP contribution < -0.4 is 5.73 Å². The van der Waals surface area contributed by atoms with E-state index >= 15 is 0 Å². The Balaban J connectivity index is 2.60. The normalized spacial score (nSPS) is 10.4. The van der Waals surface area contributed by atoms with E-state index < -0.39 is 5.82 Å². The lowest BCUT2D eigenvalue weighted by atomic mass is 10.2. The first-order chi connectivity index (χ1) is 7.58. The minimum atomic E-state index is -0.469. The largest absolute Gasteiger partial charge is 0.382 e. The van der Waals surface area contributed by atoms with E-state index in [4.69, 9.17) is 28.9 Å². The summed E-state index contributed by atoms with van der Waals surface area (Å²) in [6.45, 7) is 0. The van der Waals surface area contributed by atoms with Gasteiger partial charge in [-0.15, -0.1) is 0 Å². The minimum absolute atomic E-state index is 0.144. The second-order valence-corrected chi connectivity index (χ2v) is 3.89. The summed E-state index contributed by atoms with van der Waals surface area (Å²) in [5.41, 5.74) is 6.36. The third-order valence-electron chi connectivity index (χ3n) is 1.93. The van der Waals surface area contributed by atoms with Crippen LogP contribution in [0.2, 0.25) is 10.0 Å². The number of rotatable bonds is 1. The van der Waals surface area contributed by atoms with Gasteiger partial charge < -0.3 is 5.73 Å². The highest BCUT2D eigenvalue weighted by atomic mass is 35.5. The van der Waals surface area contributed by atoms with Gasteiger partial charge in [0.05, 0.1) is 21.9 Å². The van der Waals surface area contributed by atoms with E-state index in [9.17, 15) is 4.39 Å². The van der Waals surface area contributed by atoms with Gasteiger partial charge in [-0.05, 0) is 12.1 Å². The number of halogens is 3. The fourth-order valence-electron chi connectivity index (χ4n) is 1.22. The Kier molecular flexibility index (Phi) is 2.94. The maximum absolute atomic E-state index is 13.0. The molecule has 0 aliphatic rings. The Morgan fingerprint density at radius 3 is 2.56 bits per heavy atom. The molecule has 2 aromatic heterocycles. The molecule has 6 heteroatoms. The number of nitrogens with two attached hydrogens (primary N) is 1. The highest BCUT2D eigenvalue weighted by Gasteiger charge is 2.10. The van der Waals surface area contributed by atoms with Gasteiger partial charge in [0, 0.05) is 11.8 Å². The van der Waals surface area contributed by atoms with Crippen molar-refractivity contribution >= 4 is 29.0 Å². The van der Waals surface area contributed by atoms with Crippen LogP contribution in [0, 0.1) is 5.82 Å². The Morgan fingerprint density at radius 2 is 1.88 bits per heavy atom. The van der Waals surface area contributed by atoms with E-state index in [-0.39, 0.29) is 10.8 Å². The van der Waals surface area contributed by atoms with Gasteiger partial charge in [-0.25, -0.2) is 9.37 Å². The average Bonchev–Trinajstić information content (AvgIpc) is 2.23. The molecule has 0 spiro atoms. The van der Waals surface area contributed by atoms with Gasteiger partial charge >= 0.3 is 0 Å². The molecule has 0 radical (unpaired) electrons. The van der Waals surface area contributed by atoms with E-state index in [1.165, 1.54) is 18.3 Å². The molecule has 0 fully saturated rings. The van der Waals surface area contributed by atoms with E-state index in [0.29, 0.717) is 16.3 Å². The molecule has 2 heterocycles. The molecule has 0 aliphatic carbocycles. The van der Waals surface area contributed by atoms with Gasteiger partial charge in [0.1, 0.15) is 11.6 Å². The van der Waals surface area contributed by atoms with Crippen molar-refractivity contribution in [1.29, 1.82) is 0 Å². The summed E-state index contributed by atoms with van der Waals surface area (Å²) in [4.78, 5) is 7.70. The molecule has 2 N–H and O–H groups in total. The monoisotopic (exact) mass is 257 g/mol. The lowest BCUT2D eigenvalue weighted by Gasteiger charge is -2.05. The van der Waals surface area contributed by atoms with Gasteiger partial charge in [0.25, 0.3) is 0 Å². The van der Waals surface area contributed by atoms with Crippen LogP contribution in [0.3, 0.4) is 0 Å². The molecule has 2 rings (SSSR count). The number of anilines is 1. The first-order valence-electron chi connectivity index (χ1n) is 4.30. The number of hydrogen-bond donors (Lipinski definition) is 1. The van der Waals surface area contributed by atoms with Crippen LogP contribution in [-0.2, 0) is 0 Å². The van der Waals surface area contributed by atoms with E-state index in [0.717, 1.165) is 6.20 Å². The predicted molar refractivity (Wildman–Crippen MR) is 61.9 cm³/mol. The average molecular weight is 258 g/mol. The number of aromatic nitrogens is 2. The van der Waals surface area contributed by atoms with Gasteiger partial charge in [-0.2, -0.15) is 0 Å². The zero-order valence-corrected chi connectivity index (χ0v) is 9.43. The van der Waals surface area contributed by atoms with Crippen molar-refractivity contribution in [3.05, 3.63) is 40.4 Å². The van der Waals surface area contributed by atoms with Crippen LogP contribution in [0.4, 0.5) is 10.2 Å². The zero-order valence-electron chi connectivity index (χ0n) is 7.92. The fourth-order valence-corrected chi connectivity index (χ4v) is 1.69. The maximum Gasteiger partial charge on any atom is 0.143 e. The highest BCUT2D eigenvalue weighted by molar-refractivity contribution is 6.37. The zero-order chi connectivity index (χ0) is 11.7. The third-order valence-corrected chi connectivity index (χ3v) is 2.53. The van der Waals surface area contributed by atoms with Gasteiger partial charge in [0.15, 0.2) is 0 Å². The molecule has 0 bridgehead atoms. The molecular weight excluding hydrogens is 252 g/mol. The molecule has 16 heavy (non-hydrogen) atoms. The molecule has 0 aromatic carbocycles. The van der Waals surface area contributed by atoms with Crippen LogP contribution in [0.15, 0.2) is 24.5 Å². The minimum Gasteiger partial charge on any atom is -0.382 e. The first-order valence-corrected chi connectivity index (χ1v) is 5.06. The van der Waals surface area contributed by atoms with Crippen molar-refractivity contribution in [1.82, 2.24) is 9.97 Å². The summed E-state index contributed by atoms with van der Waals surface area (Å²) >= 11 is 11.7. The molecule has 0 amide bonds. The molecule has 0 unspecified atom stereocenters. The van der Waals surface area contributed by atoms with E-state index in [2.05, 4.69) is 9.97 Å². The summed E-state index contributed by atoms with van der Waals surface area (Å²) < 4.78 is 13.0. The SMILES string of the molecule is Nc1nc(-c2cncc(F)c2)c(Cl)cc1Cl. The van der Waals surface area contributed by atoms with Crippen molar-refractivity contribution in [3.8, 4) is 11.3 Å². The van der Waals surface area contributed by atoms with Crippen molar-refractivity contribution in [3.63, 3.8) is 0 Å². The molecule has 82 valence electrons. The number of nitrogen functional groups attached to an aromatic ring is 1. The summed E-state index contributed by atoms with van der Waals surface area (Å²) in [5, 5.41) is 0.560. The fraction of sp³-hybridized carbons (Fsp3) is 0. The molecule has 3 nitrogen and oxygen atoms in total. The lowest BCUT2D eigenvalue weighted by molar-refractivity contribution is 0.622. The van der Waals surface area contributed by atoms with Crippen LogP contribution in [-0.4, -0.2) is 9.97 Å². The molecular formula is C10H6Cl2FN3. The van der Waals surface area contributed by atoms with Gasteiger partial charge in [0.2, 0.25) is 0 Å². The number of hydrogen-bond acceptors (Lipinski definition) is 3. The smallest absolute Gasteiger partial charge is 0.143 e. The van der Waals surface area contributed by atoms with Crippen molar-refractivity contribution in [2.45, 2.75) is 0 Å². The first kappa shape index (κ1) is 11.1. The quantitative estimate of drug-likeness (QED) is 0.854. The second-order valence-electron chi connectivity index (χ2n) is 3.08. The standard InChI is InChI=1S/C10H6Cl2FN3/c11-7-2-8(12)10(14)16-9(7)5-1-6(13)4-15-3-5/h1-4H,(H2,14,16). The van der Waals surface area contributed by atoms with Crippen molar-refractivity contribution in [2.75, 3.05) is 5.73 Å². The third kappa shape index (κ3) is 2.08. The molecule has 0 atom stereocenters. The molecule has 0 saturated carbocycles. The van der Waals surface area contributed by atoms with Crippen LogP contribution in [0.5, 0.6) is 0 Å². The second kappa shape index (κ2) is 4.23. The Labute approximate surface area is 101 Å². The van der Waals surface area contributed by atoms with Gasteiger partial charge in [-0.1, -0.05) is 23.2 Å². The molecule has 2 aromatic rings. The highest BCUT2D eigenvalue weighted by Crippen LogP contribution is 2.30. The summed E-state index contributed by atoms with van der Waals surface area (Å²) in [6.07, 6.45) is 2.54. The molecule has 0 saturated heterocycles. The summed E-state index contributed by atoms with van der Waals surface area (Å²) in [5.74, 6) is -0.325. The Hall–Kier alpha value is -1.39. The van der Waals surface area contributed by atoms with E-state index in [1.807, 2.05) is 0 Å². The van der Waals surface area contributed by atoms with Crippen LogP contribution >= 0.6 is 23.2 Å². The van der Waals surface area contributed by atoms with Crippen molar-refractivity contribution < 1.29 is 4.39 Å². The summed E-state index contributed by atoms with van der Waals surface area (Å²) in [6, 6.07) is 2.74. The van der Waals surface area contributed by atoms with Crippen LogP contribution in [0.25, 0.3) is 11.3 Å². The predicted octanol–water partition coefficient (Wildman–Crippen LogP) is 3.17. The Bertz CT molecular complexity index is 546. The summed E-state index contributed by atoms with van der Waals surface area (Å²) in [7, 11) is 0.